The molecule has 0 aliphatic carbocycles. The quantitative estimate of drug-likeness (QED) is 0.0596. The van der Waals surface area contributed by atoms with Crippen molar-refractivity contribution >= 4 is 12.0 Å². The molecule has 0 aromatic rings. The first-order valence-electron chi connectivity index (χ1n) is 26.1. The maximum atomic E-state index is 12.9. The molecule has 0 aliphatic heterocycles. The van der Waals surface area contributed by atoms with Crippen molar-refractivity contribution in [2.24, 2.45) is 5.92 Å². The fourth-order valence-electron chi connectivity index (χ4n) is 7.82. The monoisotopic (exact) mass is 837 g/mol. The first kappa shape index (κ1) is 57.7. The number of ether oxygens (including phenoxy) is 3. The number of nitrogens with one attached hydrogen (secondary N) is 2. The zero-order chi connectivity index (χ0) is 43.3. The number of carbonyl (C=O) groups is 2. The van der Waals surface area contributed by atoms with E-state index in [1.807, 2.05) is 0 Å². The molecule has 0 saturated carbocycles. The van der Waals surface area contributed by atoms with Crippen molar-refractivity contribution < 1.29 is 23.8 Å². The van der Waals surface area contributed by atoms with E-state index in [9.17, 15) is 9.59 Å². The summed E-state index contributed by atoms with van der Waals surface area (Å²) in [6.07, 6.45) is 45.4. The smallest absolute Gasteiger partial charge is 0.407 e. The van der Waals surface area contributed by atoms with Crippen molar-refractivity contribution in [1.29, 1.82) is 0 Å². The van der Waals surface area contributed by atoms with Gasteiger partial charge in [-0.25, -0.2) is 4.79 Å². The van der Waals surface area contributed by atoms with E-state index in [0.29, 0.717) is 32.1 Å². The normalized spacial score (nSPS) is 12.3. The minimum atomic E-state index is -0.446. The molecular weight excluding hydrogens is 733 g/mol. The number of hydrogen-bond acceptors (Lipinski definition) is 5. The van der Waals surface area contributed by atoms with E-state index in [4.69, 9.17) is 14.2 Å². The van der Waals surface area contributed by atoms with Crippen molar-refractivity contribution in [3.63, 3.8) is 0 Å². The third-order valence-corrected chi connectivity index (χ3v) is 11.9. The Kier molecular flexibility index (Phi) is 43.7. The van der Waals surface area contributed by atoms with Crippen LogP contribution in [0.25, 0.3) is 0 Å². The Balaban J connectivity index is 4.28. The fourth-order valence-corrected chi connectivity index (χ4v) is 7.82. The third-order valence-electron chi connectivity index (χ3n) is 11.9. The highest BCUT2D eigenvalue weighted by molar-refractivity contribution is 5.76. The van der Waals surface area contributed by atoms with Gasteiger partial charge in [0.05, 0.1) is 18.2 Å². The lowest BCUT2D eigenvalue weighted by Crippen LogP contribution is -2.43. The van der Waals surface area contributed by atoms with Gasteiger partial charge in [-0.3, -0.25) is 4.79 Å². The van der Waals surface area contributed by atoms with Gasteiger partial charge in [0.15, 0.2) is 0 Å². The summed E-state index contributed by atoms with van der Waals surface area (Å²) in [6.45, 7) is 15.6. The minimum absolute atomic E-state index is 0.0232. The molecule has 0 saturated heterocycles. The van der Waals surface area contributed by atoms with Crippen LogP contribution in [0.15, 0.2) is 0 Å². The van der Waals surface area contributed by atoms with Crippen molar-refractivity contribution in [3.8, 4) is 0 Å². The lowest BCUT2D eigenvalue weighted by Gasteiger charge is -2.26. The summed E-state index contributed by atoms with van der Waals surface area (Å²) >= 11 is 0. The number of alkyl carbamates (subject to hydrolysis) is 1. The summed E-state index contributed by atoms with van der Waals surface area (Å²) in [5.74, 6) is 0.647. The predicted octanol–water partition coefficient (Wildman–Crippen LogP) is 15.7. The van der Waals surface area contributed by atoms with Crippen LogP contribution < -0.4 is 10.6 Å². The standard InChI is InChI=1S/C52H104N2O5/c1-7-9-11-13-15-17-19-21-23-25-27-29-31-33-35-37-40-50(55)54-49(47-58-51(56)53-43-39-42-52(5,6)59-45-41-48(3)4)46-57-44-38-36-34-32-30-28-26-24-22-20-18-16-14-12-10-8-2/h48-49H,7-47H2,1-6H3,(H,53,56)(H,54,55). The van der Waals surface area contributed by atoms with Gasteiger partial charge in [0, 0.05) is 26.2 Å². The molecule has 7 heteroatoms. The molecule has 2 amide bonds. The molecule has 0 fully saturated rings. The summed E-state index contributed by atoms with van der Waals surface area (Å²) in [6, 6.07) is -0.344. The summed E-state index contributed by atoms with van der Waals surface area (Å²) in [5.41, 5.74) is -0.216. The second-order valence-corrected chi connectivity index (χ2v) is 19.1. The number of unbranched alkanes of at least 4 members (excludes halogenated alkanes) is 30. The van der Waals surface area contributed by atoms with Crippen molar-refractivity contribution in [3.05, 3.63) is 0 Å². The van der Waals surface area contributed by atoms with Gasteiger partial charge in [0.2, 0.25) is 5.91 Å². The Hall–Kier alpha value is -1.34. The first-order valence-corrected chi connectivity index (χ1v) is 26.1. The third kappa shape index (κ3) is 46.0. The fraction of sp³-hybridized carbons (Fsp3) is 0.962. The highest BCUT2D eigenvalue weighted by atomic mass is 16.6. The van der Waals surface area contributed by atoms with E-state index in [1.165, 1.54) is 186 Å². The summed E-state index contributed by atoms with van der Waals surface area (Å²) < 4.78 is 17.7. The van der Waals surface area contributed by atoms with Crippen LogP contribution in [-0.4, -0.2) is 56.6 Å². The molecule has 59 heavy (non-hydrogen) atoms. The average molecular weight is 837 g/mol. The zero-order valence-electron chi connectivity index (χ0n) is 40.7. The molecule has 0 bridgehead atoms. The van der Waals surface area contributed by atoms with Crippen molar-refractivity contribution in [1.82, 2.24) is 10.6 Å². The van der Waals surface area contributed by atoms with Gasteiger partial charge in [-0.1, -0.05) is 220 Å². The van der Waals surface area contributed by atoms with E-state index in [2.05, 4.69) is 52.2 Å². The molecule has 0 radical (unpaired) electrons. The van der Waals surface area contributed by atoms with Crippen molar-refractivity contribution in [2.45, 2.75) is 284 Å². The Morgan fingerprint density at radius 2 is 0.915 bits per heavy atom. The van der Waals surface area contributed by atoms with E-state index in [-0.39, 0.29) is 24.2 Å². The zero-order valence-corrected chi connectivity index (χ0v) is 40.7. The van der Waals surface area contributed by atoms with Crippen LogP contribution in [-0.2, 0) is 19.0 Å². The molecule has 7 nitrogen and oxygen atoms in total. The van der Waals surface area contributed by atoms with E-state index in [1.54, 1.807) is 0 Å². The Morgan fingerprint density at radius 3 is 1.34 bits per heavy atom. The molecule has 0 aromatic heterocycles. The molecule has 1 unspecified atom stereocenters. The van der Waals surface area contributed by atoms with E-state index < -0.39 is 6.09 Å². The summed E-state index contributed by atoms with van der Waals surface area (Å²) in [7, 11) is 0. The molecule has 0 aliphatic rings. The van der Waals surface area contributed by atoms with Crippen LogP contribution in [0.3, 0.4) is 0 Å². The number of amides is 2. The Bertz CT molecular complexity index is 881. The van der Waals surface area contributed by atoms with E-state index in [0.717, 1.165) is 45.1 Å². The summed E-state index contributed by atoms with van der Waals surface area (Å²) in [5, 5.41) is 5.99. The summed E-state index contributed by atoms with van der Waals surface area (Å²) in [4.78, 5) is 25.5. The van der Waals surface area contributed by atoms with Crippen molar-refractivity contribution in [2.75, 3.05) is 33.0 Å². The highest BCUT2D eigenvalue weighted by Gasteiger charge is 2.19. The molecule has 2 N–H and O–H groups in total. The van der Waals surface area contributed by atoms with Gasteiger partial charge in [0.1, 0.15) is 6.61 Å². The SMILES string of the molecule is CCCCCCCCCCCCCCCCCCOCC(COC(=O)NCCCC(C)(C)OCCC(C)C)NC(=O)CCCCCCCCCCCCCCCCCC. The van der Waals surface area contributed by atoms with Gasteiger partial charge in [-0.2, -0.15) is 0 Å². The maximum absolute atomic E-state index is 12.9. The maximum Gasteiger partial charge on any atom is 0.407 e. The Morgan fingerprint density at radius 1 is 0.508 bits per heavy atom. The molecule has 0 rings (SSSR count). The first-order chi connectivity index (χ1) is 28.7. The molecule has 352 valence electrons. The largest absolute Gasteiger partial charge is 0.447 e. The highest BCUT2D eigenvalue weighted by Crippen LogP contribution is 2.18. The van der Waals surface area contributed by atoms with E-state index >= 15 is 0 Å². The van der Waals surface area contributed by atoms with Gasteiger partial charge >= 0.3 is 6.09 Å². The topological polar surface area (TPSA) is 85.9 Å². The van der Waals surface area contributed by atoms with Gasteiger partial charge in [-0.15, -0.1) is 0 Å². The van der Waals surface area contributed by atoms with Crippen LogP contribution in [0, 0.1) is 5.92 Å². The average Bonchev–Trinajstić information content (AvgIpc) is 3.20. The van der Waals surface area contributed by atoms with Gasteiger partial charge < -0.3 is 24.8 Å². The van der Waals surface area contributed by atoms with Crippen LogP contribution >= 0.6 is 0 Å². The lowest BCUT2D eigenvalue weighted by molar-refractivity contribution is -0.122. The Labute approximate surface area is 368 Å². The molecule has 0 spiro atoms. The minimum Gasteiger partial charge on any atom is -0.447 e. The molecule has 1 atom stereocenters. The van der Waals surface area contributed by atoms with Gasteiger partial charge in [-0.05, 0) is 51.9 Å². The van der Waals surface area contributed by atoms with Crippen LogP contribution in [0.1, 0.15) is 273 Å². The predicted molar refractivity (Wildman–Crippen MR) is 255 cm³/mol. The van der Waals surface area contributed by atoms with Crippen LogP contribution in [0.4, 0.5) is 4.79 Å². The van der Waals surface area contributed by atoms with Gasteiger partial charge in [0.25, 0.3) is 0 Å². The number of rotatable bonds is 47. The number of carbonyl (C=O) groups excluding carboxylic acids is 2. The van der Waals surface area contributed by atoms with Crippen LogP contribution in [0.5, 0.6) is 0 Å². The second-order valence-electron chi connectivity index (χ2n) is 19.1. The van der Waals surface area contributed by atoms with Crippen LogP contribution in [0.2, 0.25) is 0 Å². The number of hydrogen-bond donors (Lipinski definition) is 2. The molecule has 0 heterocycles. The lowest BCUT2D eigenvalue weighted by atomic mass is 10.0. The molecule has 0 aromatic carbocycles. The molecular formula is C52H104N2O5. The second kappa shape index (κ2) is 44.7.